The van der Waals surface area contributed by atoms with E-state index in [2.05, 4.69) is 10.6 Å². The molecule has 8 unspecified atom stereocenters. The van der Waals surface area contributed by atoms with Crippen LogP contribution in [0.5, 0.6) is 0 Å². The van der Waals surface area contributed by atoms with Crippen LogP contribution in [0.1, 0.15) is 50.2 Å². The molecule has 3 aliphatic heterocycles. The SMILES string of the molecule is CC1CC(NC(=O)C(Cc2ccccc2)NC(=O)C(N)Cc2ccccc2)C(=O)N1C(CCCCN)C(=O)N1C2CC1CN(C(=O)C(N)CO)C2. The topological polar surface area (TPSA) is 217 Å². The molecule has 0 saturated carbocycles. The summed E-state index contributed by atoms with van der Waals surface area (Å²) in [5.41, 5.74) is 19.5. The van der Waals surface area contributed by atoms with E-state index in [1.54, 1.807) is 14.7 Å². The number of nitrogens with zero attached hydrogens (tertiary/aromatic N) is 3. The zero-order valence-electron chi connectivity index (χ0n) is 29.2. The van der Waals surface area contributed by atoms with Crippen LogP contribution in [0.3, 0.4) is 0 Å². The highest BCUT2D eigenvalue weighted by atomic mass is 16.3. The Morgan fingerprint density at radius 3 is 2.04 bits per heavy atom. The Morgan fingerprint density at radius 2 is 1.45 bits per heavy atom. The van der Waals surface area contributed by atoms with Gasteiger partial charge in [-0.25, -0.2) is 0 Å². The highest BCUT2D eigenvalue weighted by Crippen LogP contribution is 2.36. The summed E-state index contributed by atoms with van der Waals surface area (Å²) in [6.45, 7) is 2.49. The lowest BCUT2D eigenvalue weighted by atomic mass is 9.85. The summed E-state index contributed by atoms with van der Waals surface area (Å²) in [4.78, 5) is 73.0. The molecule has 0 radical (unpaired) electrons. The van der Waals surface area contributed by atoms with Crippen LogP contribution in [-0.4, -0.2) is 124 Å². The van der Waals surface area contributed by atoms with Gasteiger partial charge in [-0.05, 0) is 63.1 Å². The van der Waals surface area contributed by atoms with E-state index < -0.39 is 48.6 Å². The second-order valence-corrected chi connectivity index (χ2v) is 14.1. The van der Waals surface area contributed by atoms with Crippen molar-refractivity contribution in [2.75, 3.05) is 26.2 Å². The van der Waals surface area contributed by atoms with Crippen molar-refractivity contribution in [1.29, 1.82) is 0 Å². The van der Waals surface area contributed by atoms with E-state index in [-0.39, 0.29) is 42.3 Å². The molecule has 14 heteroatoms. The Kier molecular flexibility index (Phi) is 12.8. The highest BCUT2D eigenvalue weighted by Gasteiger charge is 2.53. The molecule has 8 atom stereocenters. The van der Waals surface area contributed by atoms with Crippen LogP contribution in [-0.2, 0) is 36.8 Å². The van der Waals surface area contributed by atoms with Gasteiger partial charge in [0.2, 0.25) is 29.5 Å². The molecule has 5 amide bonds. The number of aliphatic hydroxyl groups excluding tert-OH is 1. The van der Waals surface area contributed by atoms with Gasteiger partial charge in [0, 0.05) is 25.6 Å². The number of piperazine rings is 1. The molecule has 276 valence electrons. The van der Waals surface area contributed by atoms with Crippen LogP contribution in [0.4, 0.5) is 0 Å². The lowest BCUT2D eigenvalue weighted by Crippen LogP contribution is -2.73. The lowest BCUT2D eigenvalue weighted by Gasteiger charge is -2.57. The predicted octanol–water partition coefficient (Wildman–Crippen LogP) is -0.982. The van der Waals surface area contributed by atoms with Crippen LogP contribution < -0.4 is 27.8 Å². The first-order valence-electron chi connectivity index (χ1n) is 18.0. The van der Waals surface area contributed by atoms with Crippen molar-refractivity contribution in [3.8, 4) is 0 Å². The van der Waals surface area contributed by atoms with Crippen molar-refractivity contribution in [2.24, 2.45) is 17.2 Å². The molecule has 2 aromatic rings. The molecule has 2 bridgehead atoms. The number of rotatable bonds is 16. The van der Waals surface area contributed by atoms with Crippen molar-refractivity contribution in [3.05, 3.63) is 71.8 Å². The molecule has 3 fully saturated rings. The number of nitrogens with one attached hydrogen (secondary N) is 2. The van der Waals surface area contributed by atoms with E-state index in [0.717, 1.165) is 17.5 Å². The Bertz CT molecular complexity index is 1520. The minimum absolute atomic E-state index is 0.180. The van der Waals surface area contributed by atoms with Gasteiger partial charge in [-0.15, -0.1) is 0 Å². The Morgan fingerprint density at radius 1 is 0.843 bits per heavy atom. The molecule has 2 aromatic carbocycles. The summed E-state index contributed by atoms with van der Waals surface area (Å²) >= 11 is 0. The maximum atomic E-state index is 14.2. The summed E-state index contributed by atoms with van der Waals surface area (Å²) in [6.07, 6.45) is 3.24. The number of nitrogens with two attached hydrogens (primary N) is 3. The van der Waals surface area contributed by atoms with Crippen molar-refractivity contribution in [3.63, 3.8) is 0 Å². The van der Waals surface area contributed by atoms with Crippen LogP contribution in [0, 0.1) is 0 Å². The van der Waals surface area contributed by atoms with Gasteiger partial charge in [0.15, 0.2) is 0 Å². The van der Waals surface area contributed by atoms with Crippen LogP contribution in [0.25, 0.3) is 0 Å². The minimum atomic E-state index is -1.00. The maximum Gasteiger partial charge on any atom is 0.246 e. The zero-order valence-corrected chi connectivity index (χ0v) is 29.2. The minimum Gasteiger partial charge on any atom is -0.394 e. The quantitative estimate of drug-likeness (QED) is 0.118. The number of aliphatic hydroxyl groups is 1. The normalized spacial score (nSPS) is 23.5. The van der Waals surface area contributed by atoms with Crippen LogP contribution >= 0.6 is 0 Å². The van der Waals surface area contributed by atoms with Crippen molar-refractivity contribution >= 4 is 29.5 Å². The standard InChI is InChI=1S/C37H52N8O6/c1-23-16-31(42-34(48)30(18-25-12-6-3-7-13-25)41-33(47)28(39)17-24-10-4-2-5-11-24)36(50)44(23)32(14-8-9-15-38)37(51)45-26-19-27(45)21-43(20-26)35(49)29(40)22-46/h2-7,10-13,23,26-32,46H,8-9,14-22,38-40H2,1H3,(H,41,47)(H,42,48). The third-order valence-corrected chi connectivity index (χ3v) is 10.3. The van der Waals surface area contributed by atoms with E-state index >= 15 is 0 Å². The second kappa shape index (κ2) is 17.2. The first kappa shape index (κ1) is 37.9. The molecule has 0 aromatic heterocycles. The average molecular weight is 705 g/mol. The van der Waals surface area contributed by atoms with Crippen LogP contribution in [0.15, 0.2) is 60.7 Å². The predicted molar refractivity (Wildman–Crippen MR) is 190 cm³/mol. The van der Waals surface area contributed by atoms with Gasteiger partial charge in [-0.3, -0.25) is 24.0 Å². The number of carbonyl (C=O) groups is 5. The average Bonchev–Trinajstić information content (AvgIpc) is 3.40. The molecule has 14 nitrogen and oxygen atoms in total. The van der Waals surface area contributed by atoms with Gasteiger partial charge < -0.3 is 47.6 Å². The van der Waals surface area contributed by atoms with Gasteiger partial charge in [-0.1, -0.05) is 60.7 Å². The first-order valence-corrected chi connectivity index (χ1v) is 18.0. The number of piperidine rings is 1. The van der Waals surface area contributed by atoms with E-state index in [1.165, 1.54) is 0 Å². The lowest BCUT2D eigenvalue weighted by molar-refractivity contribution is -0.168. The Hall–Kier alpha value is -4.37. The number of hydrogen-bond acceptors (Lipinski definition) is 9. The Labute approximate surface area is 299 Å². The zero-order chi connectivity index (χ0) is 36.7. The summed E-state index contributed by atoms with van der Waals surface area (Å²) in [6, 6.07) is 13.4. The van der Waals surface area contributed by atoms with Gasteiger partial charge in [0.25, 0.3) is 0 Å². The van der Waals surface area contributed by atoms with E-state index in [9.17, 15) is 29.1 Å². The number of fused-ring (bicyclic) bond motifs is 2. The number of amides is 5. The molecule has 3 heterocycles. The summed E-state index contributed by atoms with van der Waals surface area (Å²) in [5, 5.41) is 15.1. The molecule has 0 aliphatic carbocycles. The molecular formula is C37H52N8O6. The van der Waals surface area contributed by atoms with Crippen molar-refractivity contribution in [2.45, 2.75) is 100 Å². The highest BCUT2D eigenvalue weighted by molar-refractivity contribution is 5.96. The third kappa shape index (κ3) is 8.93. The number of unbranched alkanes of at least 4 members (excludes halogenated alkanes) is 1. The van der Waals surface area contributed by atoms with Gasteiger partial charge in [0.05, 0.1) is 24.7 Å². The van der Waals surface area contributed by atoms with Crippen molar-refractivity contribution in [1.82, 2.24) is 25.3 Å². The van der Waals surface area contributed by atoms with Gasteiger partial charge in [0.1, 0.15) is 24.2 Å². The molecule has 3 saturated heterocycles. The monoisotopic (exact) mass is 704 g/mol. The van der Waals surface area contributed by atoms with Crippen LogP contribution in [0.2, 0.25) is 0 Å². The summed E-state index contributed by atoms with van der Waals surface area (Å²) in [7, 11) is 0. The number of benzene rings is 2. The number of likely N-dealkylation sites (tertiary alicyclic amines) is 3. The fourth-order valence-electron chi connectivity index (χ4n) is 7.60. The first-order chi connectivity index (χ1) is 24.5. The molecular weight excluding hydrogens is 652 g/mol. The summed E-state index contributed by atoms with van der Waals surface area (Å²) in [5.74, 6) is -1.88. The fourth-order valence-corrected chi connectivity index (χ4v) is 7.60. The van der Waals surface area contributed by atoms with Gasteiger partial charge >= 0.3 is 0 Å². The largest absolute Gasteiger partial charge is 0.394 e. The molecule has 3 aliphatic rings. The second-order valence-electron chi connectivity index (χ2n) is 14.1. The van der Waals surface area contributed by atoms with E-state index in [1.807, 2.05) is 67.6 Å². The molecule has 51 heavy (non-hydrogen) atoms. The van der Waals surface area contributed by atoms with E-state index in [4.69, 9.17) is 17.2 Å². The van der Waals surface area contributed by atoms with Gasteiger partial charge in [-0.2, -0.15) is 0 Å². The fraction of sp³-hybridized carbons (Fsp3) is 0.541. The summed E-state index contributed by atoms with van der Waals surface area (Å²) < 4.78 is 0. The van der Waals surface area contributed by atoms with Crippen molar-refractivity contribution < 1.29 is 29.1 Å². The smallest absolute Gasteiger partial charge is 0.246 e. The molecule has 0 spiro atoms. The Balaban J connectivity index is 1.28. The molecule has 5 rings (SSSR count). The molecule has 9 N–H and O–H groups in total. The maximum absolute atomic E-state index is 14.2. The number of hydrogen-bond donors (Lipinski definition) is 6. The third-order valence-electron chi connectivity index (χ3n) is 10.3. The number of carbonyl (C=O) groups excluding carboxylic acids is 5. The van der Waals surface area contributed by atoms with E-state index in [0.29, 0.717) is 51.7 Å².